The van der Waals surface area contributed by atoms with Crippen molar-refractivity contribution in [3.8, 4) is 0 Å². The fourth-order valence-electron chi connectivity index (χ4n) is 3.35. The van der Waals surface area contributed by atoms with Crippen molar-refractivity contribution >= 4 is 11.8 Å². The van der Waals surface area contributed by atoms with E-state index in [1.165, 1.54) is 13.8 Å². The van der Waals surface area contributed by atoms with Gasteiger partial charge in [0.25, 0.3) is 0 Å². The third kappa shape index (κ3) is 2.59. The Morgan fingerprint density at radius 3 is 2.63 bits per heavy atom. The number of aliphatic carboxylic acids is 1. The summed E-state index contributed by atoms with van der Waals surface area (Å²) in [6.45, 7) is 5.15. The molecule has 0 unspecified atom stereocenters. The molecule has 3 atom stereocenters. The quantitative estimate of drug-likeness (QED) is 0.799. The Kier molecular flexibility index (Phi) is 3.33. The number of rotatable bonds is 5. The largest absolute Gasteiger partial charge is 0.478 e. The number of Topliss-reactive ketones (excluding diaryl/α,β-unsaturated/α-hetero) is 1. The molecule has 0 aromatic rings. The first-order chi connectivity index (χ1) is 8.66. The third-order valence-corrected chi connectivity index (χ3v) is 4.89. The molecule has 0 bridgehead atoms. The average molecular weight is 266 g/mol. The Morgan fingerprint density at radius 1 is 1.47 bits per heavy atom. The van der Waals surface area contributed by atoms with Gasteiger partial charge in [0.1, 0.15) is 5.60 Å². The topological polar surface area (TPSA) is 74.6 Å². The van der Waals surface area contributed by atoms with Gasteiger partial charge in [0.2, 0.25) is 0 Å². The third-order valence-electron chi connectivity index (χ3n) is 4.89. The van der Waals surface area contributed by atoms with Crippen LogP contribution in [0.4, 0.5) is 0 Å². The molecule has 1 saturated carbocycles. The van der Waals surface area contributed by atoms with Crippen LogP contribution in [0.3, 0.4) is 0 Å². The summed E-state index contributed by atoms with van der Waals surface area (Å²) in [7, 11) is 0. The lowest BCUT2D eigenvalue weighted by Crippen LogP contribution is -2.31. The Labute approximate surface area is 113 Å². The van der Waals surface area contributed by atoms with Crippen molar-refractivity contribution in [1.82, 2.24) is 0 Å². The van der Waals surface area contributed by atoms with E-state index in [4.69, 9.17) is 5.11 Å². The van der Waals surface area contributed by atoms with Crippen LogP contribution >= 0.6 is 0 Å². The molecule has 2 N–H and O–H groups in total. The Bertz CT molecular complexity index is 444. The van der Waals surface area contributed by atoms with Crippen molar-refractivity contribution in [3.05, 3.63) is 11.6 Å². The second-order valence-corrected chi connectivity index (χ2v) is 6.66. The van der Waals surface area contributed by atoms with Gasteiger partial charge in [-0.25, -0.2) is 4.79 Å². The number of carboxylic acid groups (broad SMARTS) is 1. The number of ketones is 1. The monoisotopic (exact) mass is 266 g/mol. The Morgan fingerprint density at radius 2 is 2.11 bits per heavy atom. The minimum Gasteiger partial charge on any atom is -0.478 e. The number of allylic oxidation sites excluding steroid dienone is 1. The predicted molar refractivity (Wildman–Crippen MR) is 70.6 cm³/mol. The molecule has 106 valence electrons. The van der Waals surface area contributed by atoms with Crippen LogP contribution in [0, 0.1) is 17.3 Å². The minimum absolute atomic E-state index is 0.0398. The molecule has 0 saturated heterocycles. The summed E-state index contributed by atoms with van der Waals surface area (Å²) in [6, 6.07) is 0. The molecular weight excluding hydrogens is 244 g/mol. The molecule has 0 amide bonds. The van der Waals surface area contributed by atoms with Gasteiger partial charge in [0.05, 0.1) is 0 Å². The van der Waals surface area contributed by atoms with E-state index >= 15 is 0 Å². The highest BCUT2D eigenvalue weighted by Gasteiger charge is 2.60. The summed E-state index contributed by atoms with van der Waals surface area (Å²) in [5.74, 6) is -0.160. The van der Waals surface area contributed by atoms with Crippen LogP contribution in [0.5, 0.6) is 0 Å². The van der Waals surface area contributed by atoms with Gasteiger partial charge < -0.3 is 10.2 Å². The molecule has 0 radical (unpaired) electrons. The molecule has 2 rings (SSSR count). The number of carbonyl (C=O) groups excluding carboxylic acids is 1. The van der Waals surface area contributed by atoms with Crippen molar-refractivity contribution in [1.29, 1.82) is 0 Å². The Hall–Kier alpha value is -1.16. The first-order valence-electron chi connectivity index (χ1n) is 6.86. The van der Waals surface area contributed by atoms with Gasteiger partial charge in [-0.05, 0) is 50.4 Å². The molecule has 4 nitrogen and oxygen atoms in total. The van der Waals surface area contributed by atoms with Gasteiger partial charge in [-0.2, -0.15) is 0 Å². The van der Waals surface area contributed by atoms with Gasteiger partial charge in [-0.15, -0.1) is 0 Å². The second-order valence-electron chi connectivity index (χ2n) is 6.66. The van der Waals surface area contributed by atoms with E-state index in [0.717, 1.165) is 12.8 Å². The van der Waals surface area contributed by atoms with Crippen molar-refractivity contribution in [2.24, 2.45) is 17.3 Å². The van der Waals surface area contributed by atoms with Gasteiger partial charge >= 0.3 is 5.97 Å². The van der Waals surface area contributed by atoms with Gasteiger partial charge in [0, 0.05) is 12.0 Å². The number of hydrogen-bond acceptors (Lipinski definition) is 3. The van der Waals surface area contributed by atoms with E-state index in [9.17, 15) is 14.7 Å². The van der Waals surface area contributed by atoms with Crippen LogP contribution in [0.25, 0.3) is 0 Å². The summed E-state index contributed by atoms with van der Waals surface area (Å²) in [6.07, 6.45) is 4.50. The van der Waals surface area contributed by atoms with E-state index in [1.807, 2.05) is 6.08 Å². The predicted octanol–water partition coefficient (Wildman–Crippen LogP) is 2.16. The van der Waals surface area contributed by atoms with E-state index in [0.29, 0.717) is 30.3 Å². The highest BCUT2D eigenvalue weighted by Crippen LogP contribution is 2.66. The highest BCUT2D eigenvalue weighted by molar-refractivity contribution is 5.87. The van der Waals surface area contributed by atoms with E-state index in [1.54, 1.807) is 0 Å². The van der Waals surface area contributed by atoms with E-state index in [-0.39, 0.29) is 11.2 Å². The molecule has 0 aromatic carbocycles. The van der Waals surface area contributed by atoms with Crippen LogP contribution in [0.2, 0.25) is 0 Å². The van der Waals surface area contributed by atoms with Crippen molar-refractivity contribution < 1.29 is 19.8 Å². The molecule has 2 aliphatic rings. The summed E-state index contributed by atoms with van der Waals surface area (Å²) in [4.78, 5) is 22.7. The number of carboxylic acids is 1. The maximum atomic E-state index is 11.8. The van der Waals surface area contributed by atoms with Crippen molar-refractivity contribution in [2.75, 3.05) is 0 Å². The van der Waals surface area contributed by atoms with Crippen LogP contribution < -0.4 is 0 Å². The molecule has 0 aliphatic heterocycles. The molecule has 19 heavy (non-hydrogen) atoms. The normalized spacial score (nSPS) is 33.4. The molecule has 0 aromatic heterocycles. The molecule has 2 aliphatic carbocycles. The van der Waals surface area contributed by atoms with Crippen LogP contribution in [-0.2, 0) is 9.59 Å². The van der Waals surface area contributed by atoms with Crippen LogP contribution in [-0.4, -0.2) is 27.6 Å². The first kappa shape index (κ1) is 14.3. The van der Waals surface area contributed by atoms with Gasteiger partial charge in [-0.1, -0.05) is 13.0 Å². The lowest BCUT2D eigenvalue weighted by atomic mass is 9.91. The number of fused-ring (bicyclic) bond motifs is 1. The standard InChI is InChI=1S/C15H22O4/c1-14(2,19)12(16)6-7-15(3)10-5-4-9(13(17)18)8-11(10)15/h8,10-11,19H,4-7H2,1-3H3,(H,17,18)/t10-,11+,15+/m0/s1. The zero-order valence-corrected chi connectivity index (χ0v) is 11.8. The van der Waals surface area contributed by atoms with Gasteiger partial charge in [0.15, 0.2) is 5.78 Å². The summed E-state index contributed by atoms with van der Waals surface area (Å²) >= 11 is 0. The fraction of sp³-hybridized carbons (Fsp3) is 0.733. The second kappa shape index (κ2) is 4.44. The average Bonchev–Trinajstić information content (AvgIpc) is 2.91. The van der Waals surface area contributed by atoms with Crippen LogP contribution in [0.15, 0.2) is 11.6 Å². The summed E-state index contributed by atoms with van der Waals surface area (Å²) in [5, 5.41) is 18.7. The highest BCUT2D eigenvalue weighted by atomic mass is 16.4. The molecule has 4 heteroatoms. The first-order valence-corrected chi connectivity index (χ1v) is 6.86. The minimum atomic E-state index is -1.27. The number of aliphatic hydroxyl groups is 1. The van der Waals surface area contributed by atoms with Crippen molar-refractivity contribution in [3.63, 3.8) is 0 Å². The molecular formula is C15H22O4. The lowest BCUT2D eigenvalue weighted by molar-refractivity contribution is -0.134. The summed E-state index contributed by atoms with van der Waals surface area (Å²) in [5.41, 5.74) is -0.713. The van der Waals surface area contributed by atoms with Gasteiger partial charge in [-0.3, -0.25) is 4.79 Å². The van der Waals surface area contributed by atoms with Crippen molar-refractivity contribution in [2.45, 2.75) is 52.1 Å². The summed E-state index contributed by atoms with van der Waals surface area (Å²) < 4.78 is 0. The van der Waals surface area contributed by atoms with E-state index in [2.05, 4.69) is 6.92 Å². The zero-order valence-electron chi connectivity index (χ0n) is 11.8. The molecule has 0 heterocycles. The Balaban J connectivity index is 1.97. The zero-order chi connectivity index (χ0) is 14.4. The molecule has 1 fully saturated rings. The SMILES string of the molecule is CC(C)(O)C(=O)CC[C@@]1(C)[C@@H]2C=C(C(=O)O)CC[C@@H]21. The lowest BCUT2D eigenvalue weighted by Gasteiger charge is -2.17. The molecule has 0 spiro atoms. The van der Waals surface area contributed by atoms with E-state index < -0.39 is 11.6 Å². The number of carbonyl (C=O) groups is 2. The smallest absolute Gasteiger partial charge is 0.331 e. The maximum Gasteiger partial charge on any atom is 0.331 e. The fourth-order valence-corrected chi connectivity index (χ4v) is 3.35. The van der Waals surface area contributed by atoms with Crippen LogP contribution in [0.1, 0.15) is 46.5 Å². The number of hydrogen-bond donors (Lipinski definition) is 2. The maximum absolute atomic E-state index is 11.8.